The summed E-state index contributed by atoms with van der Waals surface area (Å²) in [6.07, 6.45) is 4.87. The first-order valence-corrected chi connectivity index (χ1v) is 9.52. The highest BCUT2D eigenvalue weighted by atomic mass is 16.5. The van der Waals surface area contributed by atoms with Crippen LogP contribution in [0.1, 0.15) is 36.8 Å². The summed E-state index contributed by atoms with van der Waals surface area (Å²) >= 11 is 0. The molecule has 0 heterocycles. The summed E-state index contributed by atoms with van der Waals surface area (Å²) < 4.78 is 11.3. The summed E-state index contributed by atoms with van der Waals surface area (Å²) in [6, 6.07) is 20.8. The van der Waals surface area contributed by atoms with Gasteiger partial charge in [-0.15, -0.1) is 0 Å². The maximum Gasteiger partial charge on any atom is 0.305 e. The van der Waals surface area contributed by atoms with E-state index in [2.05, 4.69) is 36.4 Å². The van der Waals surface area contributed by atoms with Crippen LogP contribution in [0, 0.1) is 11.8 Å². The molecule has 0 bridgehead atoms. The smallest absolute Gasteiger partial charge is 0.305 e. The average molecular weight is 352 g/mol. The summed E-state index contributed by atoms with van der Waals surface area (Å²) in [5, 5.41) is 0. The van der Waals surface area contributed by atoms with Crippen LogP contribution in [-0.4, -0.2) is 19.2 Å². The van der Waals surface area contributed by atoms with Gasteiger partial charge in [-0.2, -0.15) is 0 Å². The van der Waals surface area contributed by atoms with Crippen molar-refractivity contribution in [3.05, 3.63) is 71.8 Å². The van der Waals surface area contributed by atoms with Crippen LogP contribution in [0.15, 0.2) is 60.7 Å². The van der Waals surface area contributed by atoms with Gasteiger partial charge in [0.1, 0.15) is 0 Å². The minimum atomic E-state index is -0.108. The molecule has 0 saturated heterocycles. The van der Waals surface area contributed by atoms with Gasteiger partial charge in [-0.05, 0) is 42.2 Å². The average Bonchev–Trinajstić information content (AvgIpc) is 3.14. The van der Waals surface area contributed by atoms with Crippen LogP contribution in [0.4, 0.5) is 0 Å². The van der Waals surface area contributed by atoms with Gasteiger partial charge in [0, 0.05) is 6.42 Å². The zero-order valence-electron chi connectivity index (χ0n) is 15.5. The zero-order chi connectivity index (χ0) is 18.2. The monoisotopic (exact) mass is 352 g/mol. The molecule has 26 heavy (non-hydrogen) atoms. The first kappa shape index (κ1) is 18.7. The second kappa shape index (κ2) is 9.54. The molecule has 3 nitrogen and oxygen atoms in total. The molecule has 1 fully saturated rings. The van der Waals surface area contributed by atoms with Gasteiger partial charge in [0.2, 0.25) is 0 Å². The van der Waals surface area contributed by atoms with Crippen LogP contribution >= 0.6 is 0 Å². The van der Waals surface area contributed by atoms with Crippen molar-refractivity contribution in [2.24, 2.45) is 11.8 Å². The molecular weight excluding hydrogens is 324 g/mol. The predicted octanol–water partition coefficient (Wildman–Crippen LogP) is 4.79. The normalized spacial score (nSPS) is 20.7. The Morgan fingerprint density at radius 2 is 1.65 bits per heavy atom. The fraction of sp³-hybridized carbons (Fsp3) is 0.435. The van der Waals surface area contributed by atoms with E-state index in [1.807, 2.05) is 24.3 Å². The molecule has 3 heteroatoms. The molecule has 2 aromatic carbocycles. The second-order valence-electron chi connectivity index (χ2n) is 7.16. The van der Waals surface area contributed by atoms with Crippen molar-refractivity contribution in [1.82, 2.24) is 0 Å². The molecule has 2 aromatic rings. The molecule has 0 radical (unpaired) electrons. The van der Waals surface area contributed by atoms with Crippen LogP contribution in [-0.2, 0) is 27.3 Å². The molecule has 0 aromatic heterocycles. The minimum absolute atomic E-state index is 0.108. The topological polar surface area (TPSA) is 35.5 Å². The summed E-state index contributed by atoms with van der Waals surface area (Å²) in [6.45, 7) is 0.611. The molecule has 0 unspecified atom stereocenters. The number of rotatable bonds is 8. The number of carbonyl (C=O) groups excluding carboxylic acids is 1. The molecule has 3 rings (SSSR count). The third-order valence-electron chi connectivity index (χ3n) is 5.44. The molecule has 3 atom stereocenters. The maximum atomic E-state index is 11.8. The van der Waals surface area contributed by atoms with E-state index >= 15 is 0 Å². The molecule has 0 aliphatic heterocycles. The number of hydrogen-bond acceptors (Lipinski definition) is 3. The lowest BCUT2D eigenvalue weighted by Crippen LogP contribution is -2.30. The fourth-order valence-corrected chi connectivity index (χ4v) is 4.06. The molecule has 0 amide bonds. The van der Waals surface area contributed by atoms with Crippen molar-refractivity contribution < 1.29 is 14.3 Å². The van der Waals surface area contributed by atoms with E-state index in [1.165, 1.54) is 18.2 Å². The number of hydrogen-bond donors (Lipinski definition) is 0. The van der Waals surface area contributed by atoms with Crippen LogP contribution < -0.4 is 0 Å². The van der Waals surface area contributed by atoms with Crippen LogP contribution in [0.5, 0.6) is 0 Å². The molecule has 1 aliphatic carbocycles. The largest absolute Gasteiger partial charge is 0.469 e. The third-order valence-corrected chi connectivity index (χ3v) is 5.44. The summed E-state index contributed by atoms with van der Waals surface area (Å²) in [5.41, 5.74) is 2.47. The molecule has 1 aliphatic rings. The van der Waals surface area contributed by atoms with E-state index in [1.54, 1.807) is 0 Å². The van der Waals surface area contributed by atoms with E-state index < -0.39 is 0 Å². The highest BCUT2D eigenvalue weighted by Gasteiger charge is 2.35. The molecular formula is C23H28O3. The predicted molar refractivity (Wildman–Crippen MR) is 103 cm³/mol. The Balaban J connectivity index is 1.71. The lowest BCUT2D eigenvalue weighted by Gasteiger charge is -2.29. The van der Waals surface area contributed by atoms with Crippen LogP contribution in [0.25, 0.3) is 0 Å². The van der Waals surface area contributed by atoms with Crippen molar-refractivity contribution in [1.29, 1.82) is 0 Å². The zero-order valence-corrected chi connectivity index (χ0v) is 15.5. The summed E-state index contributed by atoms with van der Waals surface area (Å²) in [7, 11) is 1.47. The molecule has 1 saturated carbocycles. The van der Waals surface area contributed by atoms with Gasteiger partial charge in [-0.25, -0.2) is 0 Å². The minimum Gasteiger partial charge on any atom is -0.469 e. The van der Waals surface area contributed by atoms with Gasteiger partial charge in [0.15, 0.2) is 0 Å². The Hall–Kier alpha value is -2.13. The van der Waals surface area contributed by atoms with Crippen molar-refractivity contribution in [3.63, 3.8) is 0 Å². The Kier molecular flexibility index (Phi) is 6.84. The molecule has 0 N–H and O–H groups in total. The lowest BCUT2D eigenvalue weighted by molar-refractivity contribution is -0.142. The maximum absolute atomic E-state index is 11.8. The quantitative estimate of drug-likeness (QED) is 0.641. The van der Waals surface area contributed by atoms with E-state index in [9.17, 15) is 4.79 Å². The standard InChI is InChI=1S/C23H28O3/c1-25-23(24)16-20-13-8-14-21(20)22(15-18-9-4-2-5-10-18)26-17-19-11-6-3-7-12-19/h2-7,9-12,20-22H,8,13-17H2,1H3/t20-,21-,22+/m1/s1. The van der Waals surface area contributed by atoms with Gasteiger partial charge >= 0.3 is 5.97 Å². The van der Waals surface area contributed by atoms with Gasteiger partial charge in [0.05, 0.1) is 19.8 Å². The highest BCUT2D eigenvalue weighted by molar-refractivity contribution is 5.69. The summed E-state index contributed by atoms with van der Waals surface area (Å²) in [4.78, 5) is 11.8. The number of ether oxygens (including phenoxy) is 2. The second-order valence-corrected chi connectivity index (χ2v) is 7.16. The van der Waals surface area contributed by atoms with E-state index in [-0.39, 0.29) is 12.1 Å². The SMILES string of the molecule is COC(=O)C[C@H]1CCC[C@H]1[C@H](Cc1ccccc1)OCc1ccccc1. The third kappa shape index (κ3) is 5.18. The highest BCUT2D eigenvalue weighted by Crippen LogP contribution is 2.39. The number of carbonyl (C=O) groups is 1. The van der Waals surface area contributed by atoms with Crippen molar-refractivity contribution >= 4 is 5.97 Å². The first-order valence-electron chi connectivity index (χ1n) is 9.52. The first-order chi connectivity index (χ1) is 12.8. The Morgan fingerprint density at radius 3 is 2.31 bits per heavy atom. The number of methoxy groups -OCH3 is 1. The van der Waals surface area contributed by atoms with Gasteiger partial charge < -0.3 is 9.47 Å². The fourth-order valence-electron chi connectivity index (χ4n) is 4.06. The summed E-state index contributed by atoms with van der Waals surface area (Å²) in [5.74, 6) is 0.647. The van der Waals surface area contributed by atoms with Crippen molar-refractivity contribution in [3.8, 4) is 0 Å². The van der Waals surface area contributed by atoms with E-state index in [0.29, 0.717) is 24.9 Å². The van der Waals surface area contributed by atoms with Gasteiger partial charge in [-0.1, -0.05) is 67.1 Å². The number of esters is 1. The lowest BCUT2D eigenvalue weighted by atomic mass is 9.85. The van der Waals surface area contributed by atoms with Crippen LogP contribution in [0.2, 0.25) is 0 Å². The Bertz CT molecular complexity index is 668. The van der Waals surface area contributed by atoms with Gasteiger partial charge in [-0.3, -0.25) is 4.79 Å². The van der Waals surface area contributed by atoms with E-state index in [4.69, 9.17) is 9.47 Å². The van der Waals surface area contributed by atoms with Gasteiger partial charge in [0.25, 0.3) is 0 Å². The molecule has 0 spiro atoms. The van der Waals surface area contributed by atoms with Crippen molar-refractivity contribution in [2.45, 2.75) is 44.8 Å². The molecule has 138 valence electrons. The Morgan fingerprint density at radius 1 is 1.00 bits per heavy atom. The van der Waals surface area contributed by atoms with Crippen LogP contribution in [0.3, 0.4) is 0 Å². The van der Waals surface area contributed by atoms with E-state index in [0.717, 1.165) is 25.7 Å². The number of benzene rings is 2. The Labute approximate surface area is 156 Å². The van der Waals surface area contributed by atoms with Crippen molar-refractivity contribution in [2.75, 3.05) is 7.11 Å².